The molecule has 2 N–H and O–H groups in total. The molecular formula is C12H21N5O3S. The quantitative estimate of drug-likeness (QED) is 0.656. The Bertz CT molecular complexity index is 528. The number of hydrogen-bond donors (Lipinski definition) is 2. The highest BCUT2D eigenvalue weighted by Crippen LogP contribution is 2.07. The number of nitrogens with zero attached hydrogens (tertiary/aromatic N) is 3. The van der Waals surface area contributed by atoms with Gasteiger partial charge in [-0.25, -0.2) is 23.1 Å². The molecule has 2 heterocycles. The van der Waals surface area contributed by atoms with Crippen molar-refractivity contribution in [1.29, 1.82) is 0 Å². The molecule has 1 fully saturated rings. The van der Waals surface area contributed by atoms with Crippen molar-refractivity contribution in [3.63, 3.8) is 0 Å². The Morgan fingerprint density at radius 1 is 1.29 bits per heavy atom. The SMILES string of the molecule is CNc1ncc(S(=O)(=O)NCCCN2CCOCC2)cn1. The van der Waals surface area contributed by atoms with Gasteiger partial charge in [-0.05, 0) is 13.0 Å². The van der Waals surface area contributed by atoms with Crippen LogP contribution in [0, 0.1) is 0 Å². The highest BCUT2D eigenvalue weighted by Gasteiger charge is 2.15. The van der Waals surface area contributed by atoms with Crippen LogP contribution in [0.4, 0.5) is 5.95 Å². The van der Waals surface area contributed by atoms with Crippen LogP contribution < -0.4 is 10.0 Å². The Hall–Kier alpha value is -1.29. The minimum absolute atomic E-state index is 0.0767. The number of anilines is 1. The van der Waals surface area contributed by atoms with Gasteiger partial charge < -0.3 is 10.1 Å². The summed E-state index contributed by atoms with van der Waals surface area (Å²) in [7, 11) is -1.86. The molecule has 0 radical (unpaired) electrons. The van der Waals surface area contributed by atoms with E-state index in [0.717, 1.165) is 39.3 Å². The zero-order chi connectivity index (χ0) is 15.1. The predicted molar refractivity (Wildman–Crippen MR) is 78.6 cm³/mol. The fourth-order valence-corrected chi connectivity index (χ4v) is 2.96. The Balaban J connectivity index is 1.77. The van der Waals surface area contributed by atoms with Gasteiger partial charge in [-0.15, -0.1) is 0 Å². The van der Waals surface area contributed by atoms with E-state index in [-0.39, 0.29) is 4.90 Å². The summed E-state index contributed by atoms with van der Waals surface area (Å²) in [5.74, 6) is 0.390. The molecule has 1 aliphatic heterocycles. The van der Waals surface area contributed by atoms with Crippen LogP contribution in [0.3, 0.4) is 0 Å². The zero-order valence-corrected chi connectivity index (χ0v) is 12.9. The third-order valence-electron chi connectivity index (χ3n) is 3.21. The molecule has 1 aliphatic rings. The predicted octanol–water partition coefficient (Wildman–Crippen LogP) is -0.481. The Morgan fingerprint density at radius 3 is 2.57 bits per heavy atom. The van der Waals surface area contributed by atoms with Gasteiger partial charge in [0.25, 0.3) is 0 Å². The van der Waals surface area contributed by atoms with E-state index < -0.39 is 10.0 Å². The molecule has 0 saturated carbocycles. The molecule has 118 valence electrons. The molecular weight excluding hydrogens is 294 g/mol. The Morgan fingerprint density at radius 2 is 1.95 bits per heavy atom. The van der Waals surface area contributed by atoms with Crippen LogP contribution in [0.15, 0.2) is 17.3 Å². The molecule has 0 spiro atoms. The summed E-state index contributed by atoms with van der Waals surface area (Å²) in [6, 6.07) is 0. The lowest BCUT2D eigenvalue weighted by atomic mass is 10.3. The van der Waals surface area contributed by atoms with Crippen LogP contribution in [0.5, 0.6) is 0 Å². The lowest BCUT2D eigenvalue weighted by molar-refractivity contribution is 0.0376. The molecule has 0 amide bonds. The van der Waals surface area contributed by atoms with Gasteiger partial charge in [-0.1, -0.05) is 0 Å². The van der Waals surface area contributed by atoms with E-state index in [0.29, 0.717) is 12.5 Å². The van der Waals surface area contributed by atoms with Crippen molar-refractivity contribution in [2.45, 2.75) is 11.3 Å². The summed E-state index contributed by atoms with van der Waals surface area (Å²) in [6.45, 7) is 4.58. The van der Waals surface area contributed by atoms with Crippen LogP contribution in [0.1, 0.15) is 6.42 Å². The highest BCUT2D eigenvalue weighted by molar-refractivity contribution is 7.89. The Kier molecular flexibility index (Phi) is 5.85. The van der Waals surface area contributed by atoms with Crippen molar-refractivity contribution >= 4 is 16.0 Å². The second-order valence-corrected chi connectivity index (χ2v) is 6.46. The van der Waals surface area contributed by atoms with E-state index in [4.69, 9.17) is 4.74 Å². The molecule has 21 heavy (non-hydrogen) atoms. The second kappa shape index (κ2) is 7.64. The smallest absolute Gasteiger partial charge is 0.243 e. The average Bonchev–Trinajstić information content (AvgIpc) is 2.53. The zero-order valence-electron chi connectivity index (χ0n) is 12.1. The molecule has 0 bridgehead atoms. The third kappa shape index (κ3) is 4.88. The van der Waals surface area contributed by atoms with Crippen molar-refractivity contribution in [3.8, 4) is 0 Å². The van der Waals surface area contributed by atoms with Gasteiger partial charge in [0.1, 0.15) is 4.90 Å². The molecule has 2 rings (SSSR count). The number of morpholine rings is 1. The summed E-state index contributed by atoms with van der Waals surface area (Å²) >= 11 is 0. The van der Waals surface area contributed by atoms with Crippen LogP contribution in [-0.2, 0) is 14.8 Å². The van der Waals surface area contributed by atoms with E-state index in [1.807, 2.05) is 0 Å². The molecule has 0 aliphatic carbocycles. The maximum absolute atomic E-state index is 12.0. The third-order valence-corrected chi connectivity index (χ3v) is 4.62. The molecule has 0 aromatic carbocycles. The van der Waals surface area contributed by atoms with E-state index >= 15 is 0 Å². The minimum atomic E-state index is -3.53. The van der Waals surface area contributed by atoms with Crippen molar-refractivity contribution in [3.05, 3.63) is 12.4 Å². The lowest BCUT2D eigenvalue weighted by Crippen LogP contribution is -2.38. The van der Waals surface area contributed by atoms with Crippen molar-refractivity contribution in [2.24, 2.45) is 0 Å². The fourth-order valence-electron chi connectivity index (χ4n) is 2.00. The van der Waals surface area contributed by atoms with E-state index in [1.165, 1.54) is 12.4 Å². The summed E-state index contributed by atoms with van der Waals surface area (Å²) in [6.07, 6.45) is 3.35. The van der Waals surface area contributed by atoms with Crippen molar-refractivity contribution in [1.82, 2.24) is 19.6 Å². The van der Waals surface area contributed by atoms with Gasteiger partial charge in [0.05, 0.1) is 25.6 Å². The minimum Gasteiger partial charge on any atom is -0.379 e. The first-order valence-corrected chi connectivity index (χ1v) is 8.40. The monoisotopic (exact) mass is 315 g/mol. The summed E-state index contributed by atoms with van der Waals surface area (Å²) in [4.78, 5) is 10.1. The van der Waals surface area contributed by atoms with Crippen LogP contribution in [0.2, 0.25) is 0 Å². The highest BCUT2D eigenvalue weighted by atomic mass is 32.2. The molecule has 0 unspecified atom stereocenters. The van der Waals surface area contributed by atoms with Crippen LogP contribution >= 0.6 is 0 Å². The maximum atomic E-state index is 12.0. The molecule has 1 aromatic heterocycles. The van der Waals surface area contributed by atoms with E-state index in [1.54, 1.807) is 7.05 Å². The molecule has 8 nitrogen and oxygen atoms in total. The second-order valence-electron chi connectivity index (χ2n) is 4.70. The number of ether oxygens (including phenoxy) is 1. The molecule has 0 atom stereocenters. The molecule has 1 saturated heterocycles. The van der Waals surface area contributed by atoms with Crippen LogP contribution in [0.25, 0.3) is 0 Å². The van der Waals surface area contributed by atoms with Crippen molar-refractivity contribution in [2.75, 3.05) is 51.8 Å². The van der Waals surface area contributed by atoms with Gasteiger partial charge in [-0.2, -0.15) is 0 Å². The van der Waals surface area contributed by atoms with Gasteiger partial charge in [0, 0.05) is 26.7 Å². The van der Waals surface area contributed by atoms with Gasteiger partial charge in [-0.3, -0.25) is 4.90 Å². The van der Waals surface area contributed by atoms with Gasteiger partial charge in [0.15, 0.2) is 0 Å². The number of hydrogen-bond acceptors (Lipinski definition) is 7. The number of rotatable bonds is 7. The number of nitrogens with one attached hydrogen (secondary N) is 2. The average molecular weight is 315 g/mol. The number of aromatic nitrogens is 2. The summed E-state index contributed by atoms with van der Waals surface area (Å²) in [5, 5.41) is 2.74. The first-order valence-electron chi connectivity index (χ1n) is 6.91. The van der Waals surface area contributed by atoms with E-state index in [9.17, 15) is 8.42 Å². The lowest BCUT2D eigenvalue weighted by Gasteiger charge is -2.26. The topological polar surface area (TPSA) is 96.5 Å². The first kappa shape index (κ1) is 16.1. The summed E-state index contributed by atoms with van der Waals surface area (Å²) in [5.41, 5.74) is 0. The van der Waals surface area contributed by atoms with E-state index in [2.05, 4.69) is 24.9 Å². The van der Waals surface area contributed by atoms with Gasteiger partial charge in [0.2, 0.25) is 16.0 Å². The molecule has 9 heteroatoms. The largest absolute Gasteiger partial charge is 0.379 e. The van der Waals surface area contributed by atoms with Crippen molar-refractivity contribution < 1.29 is 13.2 Å². The Labute approximate surface area is 125 Å². The first-order chi connectivity index (χ1) is 10.1. The maximum Gasteiger partial charge on any atom is 0.243 e. The number of sulfonamides is 1. The van der Waals surface area contributed by atoms with Gasteiger partial charge >= 0.3 is 0 Å². The standard InChI is InChI=1S/C12H21N5O3S/c1-13-12-14-9-11(10-15-12)21(18,19)16-3-2-4-17-5-7-20-8-6-17/h9-10,16H,2-8H2,1H3,(H,13,14,15). The molecule has 1 aromatic rings. The summed E-state index contributed by atoms with van der Waals surface area (Å²) < 4.78 is 31.9. The fraction of sp³-hybridized carbons (Fsp3) is 0.667. The normalized spacial score (nSPS) is 16.8. The van der Waals surface area contributed by atoms with Crippen LogP contribution in [-0.4, -0.2) is 69.7 Å².